The van der Waals surface area contributed by atoms with Crippen LogP contribution in [0.4, 0.5) is 0 Å². The van der Waals surface area contributed by atoms with Crippen molar-refractivity contribution in [3.05, 3.63) is 35.9 Å². The minimum absolute atomic E-state index is 1.06. The molecule has 0 heterocycles. The molecule has 18 heavy (non-hydrogen) atoms. The van der Waals surface area contributed by atoms with E-state index >= 15 is 0 Å². The van der Waals surface area contributed by atoms with Crippen molar-refractivity contribution in [3.8, 4) is 0 Å². The molecule has 0 saturated carbocycles. The van der Waals surface area contributed by atoms with Crippen LogP contribution in [0.5, 0.6) is 0 Å². The summed E-state index contributed by atoms with van der Waals surface area (Å²) in [4.78, 5) is 2.55. The van der Waals surface area contributed by atoms with Crippen molar-refractivity contribution in [1.82, 2.24) is 4.90 Å². The molecule has 0 spiro atoms. The van der Waals surface area contributed by atoms with Gasteiger partial charge in [0.25, 0.3) is 0 Å². The SMILES string of the molecule is CCCCCCCN(CCBr)Cc1ccccc1. The van der Waals surface area contributed by atoms with Gasteiger partial charge >= 0.3 is 0 Å². The fourth-order valence-electron chi connectivity index (χ4n) is 2.17. The van der Waals surface area contributed by atoms with Crippen LogP contribution in [0.15, 0.2) is 30.3 Å². The summed E-state index contributed by atoms with van der Waals surface area (Å²) in [5.41, 5.74) is 1.42. The first kappa shape index (κ1) is 15.7. The van der Waals surface area contributed by atoms with Crippen molar-refractivity contribution in [2.45, 2.75) is 45.6 Å². The molecule has 0 aromatic heterocycles. The molecule has 0 N–H and O–H groups in total. The molecule has 0 saturated heterocycles. The maximum Gasteiger partial charge on any atom is 0.0234 e. The molecule has 102 valence electrons. The Hall–Kier alpha value is -0.340. The van der Waals surface area contributed by atoms with Gasteiger partial charge in [-0.15, -0.1) is 0 Å². The number of halogens is 1. The van der Waals surface area contributed by atoms with Gasteiger partial charge in [-0.1, -0.05) is 78.9 Å². The average Bonchev–Trinajstić information content (AvgIpc) is 2.40. The molecule has 0 aliphatic heterocycles. The van der Waals surface area contributed by atoms with Crippen LogP contribution in [0, 0.1) is 0 Å². The Morgan fingerprint density at radius 3 is 2.33 bits per heavy atom. The summed E-state index contributed by atoms with van der Waals surface area (Å²) in [5, 5.41) is 1.06. The molecule has 0 atom stereocenters. The van der Waals surface area contributed by atoms with Gasteiger partial charge in [-0.2, -0.15) is 0 Å². The smallest absolute Gasteiger partial charge is 0.0234 e. The molecule has 1 nitrogen and oxygen atoms in total. The lowest BCUT2D eigenvalue weighted by Gasteiger charge is -2.21. The summed E-state index contributed by atoms with van der Waals surface area (Å²) < 4.78 is 0. The highest BCUT2D eigenvalue weighted by atomic mass is 79.9. The number of rotatable bonds is 10. The van der Waals surface area contributed by atoms with E-state index in [1.807, 2.05) is 0 Å². The normalized spacial score (nSPS) is 11.1. The largest absolute Gasteiger partial charge is 0.298 e. The standard InChI is InChI=1S/C16H26BrN/c1-2-3-4-5-9-13-18(14-12-17)15-16-10-7-6-8-11-16/h6-8,10-11H,2-5,9,12-15H2,1H3. The molecule has 0 radical (unpaired) electrons. The Morgan fingerprint density at radius 2 is 1.67 bits per heavy atom. The molecule has 0 bridgehead atoms. The third-order valence-electron chi connectivity index (χ3n) is 3.23. The zero-order valence-electron chi connectivity index (χ0n) is 11.6. The first-order valence-corrected chi connectivity index (χ1v) is 8.31. The first-order valence-electron chi connectivity index (χ1n) is 7.19. The highest BCUT2D eigenvalue weighted by molar-refractivity contribution is 9.09. The lowest BCUT2D eigenvalue weighted by atomic mass is 10.1. The maximum absolute atomic E-state index is 3.56. The number of hydrogen-bond acceptors (Lipinski definition) is 1. The van der Waals surface area contributed by atoms with Gasteiger partial charge in [0.2, 0.25) is 0 Å². The van der Waals surface area contributed by atoms with Crippen molar-refractivity contribution < 1.29 is 0 Å². The third-order valence-corrected chi connectivity index (χ3v) is 3.58. The van der Waals surface area contributed by atoms with Crippen LogP contribution in [-0.4, -0.2) is 23.3 Å². The number of unbranched alkanes of at least 4 members (excludes halogenated alkanes) is 4. The van der Waals surface area contributed by atoms with E-state index in [0.29, 0.717) is 0 Å². The van der Waals surface area contributed by atoms with Crippen LogP contribution in [0.2, 0.25) is 0 Å². The van der Waals surface area contributed by atoms with E-state index in [0.717, 1.165) is 18.4 Å². The average molecular weight is 312 g/mol. The maximum atomic E-state index is 3.56. The molecule has 0 aliphatic rings. The summed E-state index contributed by atoms with van der Waals surface area (Å²) in [6, 6.07) is 10.8. The van der Waals surface area contributed by atoms with E-state index in [-0.39, 0.29) is 0 Å². The Bertz CT molecular complexity index is 286. The monoisotopic (exact) mass is 311 g/mol. The fraction of sp³-hybridized carbons (Fsp3) is 0.625. The predicted molar refractivity (Wildman–Crippen MR) is 84.3 cm³/mol. The minimum atomic E-state index is 1.06. The van der Waals surface area contributed by atoms with Crippen molar-refractivity contribution in [2.24, 2.45) is 0 Å². The molecular formula is C16H26BrN. The van der Waals surface area contributed by atoms with Crippen molar-refractivity contribution >= 4 is 15.9 Å². The molecule has 0 fully saturated rings. The molecule has 0 unspecified atom stereocenters. The van der Waals surface area contributed by atoms with Crippen molar-refractivity contribution in [2.75, 3.05) is 18.4 Å². The van der Waals surface area contributed by atoms with Gasteiger partial charge < -0.3 is 0 Å². The number of alkyl halides is 1. The molecule has 1 aromatic carbocycles. The van der Waals surface area contributed by atoms with Crippen LogP contribution < -0.4 is 0 Å². The van der Waals surface area contributed by atoms with Gasteiger partial charge in [-0.05, 0) is 18.5 Å². The third kappa shape index (κ3) is 7.17. The first-order chi connectivity index (χ1) is 8.86. The van der Waals surface area contributed by atoms with Gasteiger partial charge in [-0.25, -0.2) is 0 Å². The lowest BCUT2D eigenvalue weighted by Crippen LogP contribution is -2.26. The molecule has 0 amide bonds. The number of nitrogens with zero attached hydrogens (tertiary/aromatic N) is 1. The summed E-state index contributed by atoms with van der Waals surface area (Å²) >= 11 is 3.56. The fourth-order valence-corrected chi connectivity index (χ4v) is 2.67. The summed E-state index contributed by atoms with van der Waals surface area (Å²) in [6.45, 7) is 5.72. The molecule has 2 heteroatoms. The second kappa shape index (κ2) is 10.6. The van der Waals surface area contributed by atoms with Gasteiger partial charge in [0.05, 0.1) is 0 Å². The Kier molecular flexibility index (Phi) is 9.23. The van der Waals surface area contributed by atoms with Crippen LogP contribution in [0.25, 0.3) is 0 Å². The number of benzene rings is 1. The molecular weight excluding hydrogens is 286 g/mol. The Labute approximate surface area is 121 Å². The van der Waals surface area contributed by atoms with Crippen LogP contribution >= 0.6 is 15.9 Å². The highest BCUT2D eigenvalue weighted by Crippen LogP contribution is 2.08. The van der Waals surface area contributed by atoms with E-state index in [4.69, 9.17) is 0 Å². The van der Waals surface area contributed by atoms with Crippen LogP contribution in [-0.2, 0) is 6.54 Å². The van der Waals surface area contributed by atoms with E-state index in [9.17, 15) is 0 Å². The molecule has 0 aliphatic carbocycles. The second-order valence-electron chi connectivity index (χ2n) is 4.86. The van der Waals surface area contributed by atoms with E-state index in [1.54, 1.807) is 0 Å². The van der Waals surface area contributed by atoms with Gasteiger partial charge in [-0.3, -0.25) is 4.90 Å². The van der Waals surface area contributed by atoms with Gasteiger partial charge in [0.1, 0.15) is 0 Å². The lowest BCUT2D eigenvalue weighted by molar-refractivity contribution is 0.275. The summed E-state index contributed by atoms with van der Waals surface area (Å²) in [7, 11) is 0. The van der Waals surface area contributed by atoms with Gasteiger partial charge in [0, 0.05) is 18.4 Å². The number of hydrogen-bond donors (Lipinski definition) is 0. The zero-order chi connectivity index (χ0) is 13.1. The summed E-state index contributed by atoms with van der Waals surface area (Å²) in [6.07, 6.45) is 6.82. The Balaban J connectivity index is 2.26. The highest BCUT2D eigenvalue weighted by Gasteiger charge is 2.04. The van der Waals surface area contributed by atoms with Crippen LogP contribution in [0.1, 0.15) is 44.6 Å². The van der Waals surface area contributed by atoms with Gasteiger partial charge in [0.15, 0.2) is 0 Å². The zero-order valence-corrected chi connectivity index (χ0v) is 13.2. The molecule has 1 aromatic rings. The van der Waals surface area contributed by atoms with Crippen molar-refractivity contribution in [1.29, 1.82) is 0 Å². The van der Waals surface area contributed by atoms with Crippen molar-refractivity contribution in [3.63, 3.8) is 0 Å². The molecule has 1 rings (SSSR count). The van der Waals surface area contributed by atoms with E-state index in [1.165, 1.54) is 44.2 Å². The Morgan fingerprint density at radius 1 is 0.944 bits per heavy atom. The van der Waals surface area contributed by atoms with Crippen LogP contribution in [0.3, 0.4) is 0 Å². The topological polar surface area (TPSA) is 3.24 Å². The quantitative estimate of drug-likeness (QED) is 0.441. The summed E-state index contributed by atoms with van der Waals surface area (Å²) in [5.74, 6) is 0. The van der Waals surface area contributed by atoms with E-state index < -0.39 is 0 Å². The predicted octanol–water partition coefficient (Wildman–Crippen LogP) is 4.85. The minimum Gasteiger partial charge on any atom is -0.298 e. The second-order valence-corrected chi connectivity index (χ2v) is 5.66. The van der Waals surface area contributed by atoms with E-state index in [2.05, 4.69) is 58.1 Å².